The molecule has 1 aliphatic carbocycles. The molecule has 10 nitrogen and oxygen atoms in total. The molecule has 0 bridgehead atoms. The number of ketones is 2. The molecule has 0 fully saturated rings. The van der Waals surface area contributed by atoms with E-state index in [1.165, 1.54) is 0 Å². The summed E-state index contributed by atoms with van der Waals surface area (Å²) in [7, 11) is 0. The van der Waals surface area contributed by atoms with Crippen LogP contribution in [-0.4, -0.2) is 54.8 Å². The molecule has 0 saturated heterocycles. The van der Waals surface area contributed by atoms with Crippen LogP contribution in [0.2, 0.25) is 0 Å². The Bertz CT molecular complexity index is 985. The highest BCUT2D eigenvalue weighted by atomic mass is 16.7. The van der Waals surface area contributed by atoms with Gasteiger partial charge in [0.1, 0.15) is 17.1 Å². The van der Waals surface area contributed by atoms with Gasteiger partial charge < -0.3 is 20.3 Å². The van der Waals surface area contributed by atoms with Gasteiger partial charge in [-0.1, -0.05) is 0 Å². The van der Waals surface area contributed by atoms with Gasteiger partial charge in [0, 0.05) is 5.56 Å². The number of hydrogen-bond donors (Lipinski definition) is 4. The lowest BCUT2D eigenvalue weighted by Crippen LogP contribution is -2.25. The number of hydrogen-bond acceptors (Lipinski definition) is 6. The quantitative estimate of drug-likeness (QED) is 0.571. The first kappa shape index (κ1) is 15.1. The number of carboxylic acids is 3. The fourth-order valence-corrected chi connectivity index (χ4v) is 2.42. The predicted octanol–water partition coefficient (Wildman–Crippen LogP) is 0.550. The predicted molar refractivity (Wildman–Crippen MR) is 73.6 cm³/mol. The van der Waals surface area contributed by atoms with Crippen LogP contribution in [0.5, 0.6) is 0 Å². The third-order valence-corrected chi connectivity index (χ3v) is 3.43. The van der Waals surface area contributed by atoms with Crippen LogP contribution in [0.1, 0.15) is 52.2 Å². The first-order valence-electron chi connectivity index (χ1n) is 6.29. The zero-order valence-electron chi connectivity index (χ0n) is 11.5. The molecule has 0 aromatic carbocycles. The van der Waals surface area contributed by atoms with Crippen molar-refractivity contribution in [3.8, 4) is 11.3 Å². The summed E-state index contributed by atoms with van der Waals surface area (Å²) in [5.41, 5.74) is -3.21. The van der Waals surface area contributed by atoms with Gasteiger partial charge in [-0.15, -0.1) is 0 Å². The molecule has 0 radical (unpaired) electrons. The molecular weight excluding hydrogens is 352 g/mol. The van der Waals surface area contributed by atoms with Gasteiger partial charge in [-0.3, -0.25) is 9.59 Å². The number of nitrogens with one attached hydrogen (secondary N) is 1. The lowest BCUT2D eigenvalue weighted by Gasteiger charge is -2.16. The Morgan fingerprint density at radius 3 is 2.12 bits per heavy atom. The van der Waals surface area contributed by atoms with Gasteiger partial charge in [0.25, 0.3) is 5.78 Å². The van der Waals surface area contributed by atoms with E-state index in [0.717, 1.165) is 12.1 Å². The van der Waals surface area contributed by atoms with E-state index in [2.05, 4.69) is 9.97 Å². The normalized spacial score (nSPS) is 12.5. The molecule has 2 aromatic heterocycles. The van der Waals surface area contributed by atoms with Crippen molar-refractivity contribution in [1.82, 2.24) is 9.97 Å². The molecule has 24 heavy (non-hydrogen) atoms. The number of carbonyl (C=O) groups excluding carboxylic acids is 2. The molecule has 2 heterocycles. The Morgan fingerprint density at radius 2 is 1.58 bits per heavy atom. The number of Topliss-reactive ketones (excluding diaryl/α,β-unsaturated/α-hetero) is 2. The maximum Gasteiger partial charge on any atom is 0.354 e. The van der Waals surface area contributed by atoms with Crippen molar-refractivity contribution in [3.63, 3.8) is 0 Å². The van der Waals surface area contributed by atoms with Crippen LogP contribution in [0, 0.1) is 0 Å². The second-order valence-electron chi connectivity index (χ2n) is 4.82. The van der Waals surface area contributed by atoms with Crippen molar-refractivity contribution in [2.75, 3.05) is 0 Å². The molecule has 0 unspecified atom stereocenters. The van der Waals surface area contributed by atoms with Gasteiger partial charge in [-0.2, -0.15) is 0 Å². The van der Waals surface area contributed by atoms with Crippen LogP contribution in [0.25, 0.3) is 11.3 Å². The Labute approximate surface area is 131 Å². The van der Waals surface area contributed by atoms with E-state index in [-0.39, 0.29) is 16.8 Å². The second kappa shape index (κ2) is 4.84. The second-order valence-corrected chi connectivity index (χ2v) is 4.82. The number of carboxylic acid groups (broad SMARTS) is 3. The highest BCUT2D eigenvalue weighted by Gasteiger charge is 2.38. The zero-order valence-corrected chi connectivity index (χ0v) is 11.5. The summed E-state index contributed by atoms with van der Waals surface area (Å²) in [6, 6.07) is 1.65. The van der Waals surface area contributed by atoms with Gasteiger partial charge in [0.15, 0.2) is 0 Å². The van der Waals surface area contributed by atoms with Crippen molar-refractivity contribution in [2.24, 2.45) is 0 Å². The number of pyridine rings is 1. The highest BCUT2D eigenvalue weighted by Crippen LogP contribution is 2.35. The summed E-state index contributed by atoms with van der Waals surface area (Å²) in [5.74, 6) is -6.87. The molecule has 120 valence electrons. The summed E-state index contributed by atoms with van der Waals surface area (Å²) < 4.78 is 0. The van der Waals surface area contributed by atoms with Crippen LogP contribution in [-0.2, 0) is 0 Å². The van der Waals surface area contributed by atoms with Gasteiger partial charge in [0.2, 0.25) is 5.78 Å². The minimum absolute atomic E-state index is 0.200. The van der Waals surface area contributed by atoms with Crippen molar-refractivity contribution < 1.29 is 39.3 Å². The fourth-order valence-electron chi connectivity index (χ4n) is 2.42. The third kappa shape index (κ3) is 1.97. The first-order valence-corrected chi connectivity index (χ1v) is 6.29. The largest absolute Gasteiger partial charge is 0.478 e. The minimum atomic E-state index is -1.58. The van der Waals surface area contributed by atoms with Crippen LogP contribution >= 0.6 is 0 Å². The van der Waals surface area contributed by atoms with E-state index < -0.39 is 52.1 Å². The molecule has 0 amide bonds. The summed E-state index contributed by atoms with van der Waals surface area (Å²) >= 11 is 0. The Morgan fingerprint density at radius 1 is 0.917 bits per heavy atom. The molecular formula is C14H6N2O8. The molecule has 2 aromatic rings. The van der Waals surface area contributed by atoms with E-state index in [1.807, 2.05) is 0 Å². The number of aromatic carboxylic acids is 3. The number of aromatic amines is 1. The molecule has 0 spiro atoms. The van der Waals surface area contributed by atoms with Crippen LogP contribution < -0.4 is 0 Å². The third-order valence-electron chi connectivity index (χ3n) is 3.43. The summed E-state index contributed by atoms with van der Waals surface area (Å²) in [5, 5.41) is 27.3. The lowest BCUT2D eigenvalue weighted by molar-refractivity contribution is 0.0677. The molecule has 0 atom stereocenters. The summed E-state index contributed by atoms with van der Waals surface area (Å²) in [6.45, 7) is 0. The first-order chi connectivity index (χ1) is 11.2. The zero-order chi connectivity index (χ0) is 17.8. The monoisotopic (exact) mass is 358 g/mol. The molecule has 0 aliphatic heterocycles. The molecule has 1 aliphatic rings. The number of carbonyl (C=O) groups is 5. The molecule has 3 rings (SSSR count). The standard InChI is InChI=1S/C14H6N2O8/c17-10-4-2-6(14(23)24)15-8(4)7-3(12(19)20)1-5(13(21)22)16-9(7)11(10)18/h1-2,15H,(H,19,20)(H,21,22)(H,23,24)/i1+2,2+2,3+2,4+2,5+2,6+2,7+2,8+2,9+2,10+2,11+2,12+2,13+2,14+2. The maximum absolute atomic E-state index is 12.1. The van der Waals surface area contributed by atoms with Crippen LogP contribution in [0.15, 0.2) is 12.1 Å². The number of aromatic nitrogens is 2. The van der Waals surface area contributed by atoms with Gasteiger partial charge in [-0.25, -0.2) is 19.4 Å². The van der Waals surface area contributed by atoms with E-state index in [4.69, 9.17) is 10.2 Å². The number of rotatable bonds is 3. The van der Waals surface area contributed by atoms with Crippen molar-refractivity contribution in [2.45, 2.75) is 0 Å². The number of nitrogens with zero attached hydrogens (tertiary/aromatic N) is 1. The minimum Gasteiger partial charge on any atom is -0.478 e. The van der Waals surface area contributed by atoms with E-state index in [9.17, 15) is 29.1 Å². The van der Waals surface area contributed by atoms with Gasteiger partial charge in [0.05, 0.1) is 16.8 Å². The molecule has 0 saturated carbocycles. The van der Waals surface area contributed by atoms with E-state index in [1.54, 1.807) is 0 Å². The highest BCUT2D eigenvalue weighted by molar-refractivity contribution is 6.52. The topological polar surface area (TPSA) is 175 Å². The average Bonchev–Trinajstić information content (AvgIpc) is 2.96. The van der Waals surface area contributed by atoms with Crippen LogP contribution in [0.4, 0.5) is 0 Å². The van der Waals surface area contributed by atoms with Crippen molar-refractivity contribution >= 4 is 29.5 Å². The number of fused-ring (bicyclic) bond motifs is 3. The summed E-state index contributed by atoms with van der Waals surface area (Å²) in [6.07, 6.45) is 0. The number of H-pyrrole nitrogens is 1. The van der Waals surface area contributed by atoms with Crippen molar-refractivity contribution in [1.29, 1.82) is 0 Å². The SMILES string of the molecule is O=[14C](O)[14c]1[14cH][14c]([14C](=O)O)[14c]2[14c](n1)[14C](=O)[14C](=O)[14c]1[14cH][14c]([14C](=O)O)[nH][14c]1-2. The van der Waals surface area contributed by atoms with E-state index in [0.29, 0.717) is 0 Å². The Kier molecular flexibility index (Phi) is 3.04. The van der Waals surface area contributed by atoms with E-state index >= 15 is 0 Å². The maximum atomic E-state index is 12.1. The van der Waals surface area contributed by atoms with Gasteiger partial charge >= 0.3 is 17.9 Å². The Balaban J connectivity index is 2.43. The Hall–Kier alpha value is -3.82. The smallest absolute Gasteiger partial charge is 0.354 e. The lowest BCUT2D eigenvalue weighted by atomic mass is 11.8. The fraction of sp³-hybridized carbons (Fsp3) is 0. The van der Waals surface area contributed by atoms with Gasteiger partial charge in [-0.05, 0) is 12.1 Å². The summed E-state index contributed by atoms with van der Waals surface area (Å²) in [4.78, 5) is 63.7. The van der Waals surface area contributed by atoms with Crippen molar-refractivity contribution in [3.05, 3.63) is 40.3 Å². The molecule has 10 heteroatoms. The molecule has 4 N–H and O–H groups in total. The average molecular weight is 358 g/mol. The van der Waals surface area contributed by atoms with Crippen LogP contribution in [0.3, 0.4) is 0 Å².